The number of benzene rings is 1. The van der Waals surface area contributed by atoms with Gasteiger partial charge in [-0.2, -0.15) is 0 Å². The van der Waals surface area contributed by atoms with Crippen molar-refractivity contribution in [2.24, 2.45) is 0 Å². The normalized spacial score (nSPS) is 14.3. The summed E-state index contributed by atoms with van der Waals surface area (Å²) < 4.78 is 0. The minimum Gasteiger partial charge on any atom is -0.351 e. The number of hydrogen-bond donors (Lipinski definition) is 2. The molecule has 2 heterocycles. The molecule has 2 aromatic heterocycles. The lowest BCUT2D eigenvalue weighted by molar-refractivity contribution is -0.126. The first-order valence-corrected chi connectivity index (χ1v) is 12.7. The van der Waals surface area contributed by atoms with E-state index in [4.69, 9.17) is 0 Å². The van der Waals surface area contributed by atoms with Crippen molar-refractivity contribution in [2.45, 2.75) is 51.6 Å². The minimum absolute atomic E-state index is 0.0987. The van der Waals surface area contributed by atoms with Gasteiger partial charge in [0.25, 0.3) is 5.91 Å². The van der Waals surface area contributed by atoms with Crippen LogP contribution in [-0.4, -0.2) is 35.3 Å². The van der Waals surface area contributed by atoms with Crippen molar-refractivity contribution in [3.8, 4) is 0 Å². The third-order valence-electron chi connectivity index (χ3n) is 6.13. The summed E-state index contributed by atoms with van der Waals surface area (Å²) in [6.45, 7) is 3.68. The number of nitrogens with one attached hydrogen (secondary N) is 2. The number of anilines is 1. The molecule has 182 valence electrons. The van der Waals surface area contributed by atoms with E-state index in [1.54, 1.807) is 36.7 Å². The molecular weight excluding hydrogens is 460 g/mol. The van der Waals surface area contributed by atoms with E-state index < -0.39 is 6.04 Å². The number of amides is 3. The van der Waals surface area contributed by atoms with Crippen molar-refractivity contribution < 1.29 is 14.4 Å². The van der Waals surface area contributed by atoms with Crippen molar-refractivity contribution in [2.75, 3.05) is 11.4 Å². The Kier molecular flexibility index (Phi) is 7.92. The minimum atomic E-state index is -0.897. The standard InChI is InChI=1S/C27H30N4O3S/c1-18-14-19(2)16-22(15-18)31(24(32)17-29-26(33)23-8-5-13-35-23)25(20-9-11-28-12-10-20)27(34)30-21-6-3-4-7-21/h5,8-16,21,25H,3-4,6-7,17H2,1-2H3,(H,29,33)(H,30,34). The number of aromatic nitrogens is 1. The molecule has 1 aliphatic rings. The molecule has 2 N–H and O–H groups in total. The Morgan fingerprint density at radius 2 is 1.74 bits per heavy atom. The zero-order chi connectivity index (χ0) is 24.8. The number of pyridine rings is 1. The number of aryl methyl sites for hydroxylation is 2. The number of rotatable bonds is 8. The highest BCUT2D eigenvalue weighted by Crippen LogP contribution is 2.30. The highest BCUT2D eigenvalue weighted by Gasteiger charge is 2.34. The molecule has 8 heteroatoms. The molecule has 1 saturated carbocycles. The highest BCUT2D eigenvalue weighted by atomic mass is 32.1. The van der Waals surface area contributed by atoms with Gasteiger partial charge in [-0.15, -0.1) is 11.3 Å². The summed E-state index contributed by atoms with van der Waals surface area (Å²) >= 11 is 1.31. The van der Waals surface area contributed by atoms with Crippen LogP contribution >= 0.6 is 11.3 Å². The molecule has 0 spiro atoms. The van der Waals surface area contributed by atoms with Crippen LogP contribution in [0.3, 0.4) is 0 Å². The predicted molar refractivity (Wildman–Crippen MR) is 137 cm³/mol. The quantitative estimate of drug-likeness (QED) is 0.492. The van der Waals surface area contributed by atoms with E-state index >= 15 is 0 Å². The van der Waals surface area contributed by atoms with Gasteiger partial charge in [0.2, 0.25) is 11.8 Å². The van der Waals surface area contributed by atoms with Gasteiger partial charge in [-0.3, -0.25) is 24.3 Å². The van der Waals surface area contributed by atoms with Gasteiger partial charge in [0, 0.05) is 24.1 Å². The average Bonchev–Trinajstić information content (AvgIpc) is 3.55. The Morgan fingerprint density at radius 1 is 1.06 bits per heavy atom. The molecule has 1 atom stereocenters. The number of carbonyl (C=O) groups is 3. The largest absolute Gasteiger partial charge is 0.351 e. The van der Waals surface area contributed by atoms with E-state index in [1.165, 1.54) is 16.2 Å². The van der Waals surface area contributed by atoms with Gasteiger partial charge in [-0.1, -0.05) is 25.0 Å². The smallest absolute Gasteiger partial charge is 0.261 e. The first kappa shape index (κ1) is 24.6. The van der Waals surface area contributed by atoms with Crippen molar-refractivity contribution >= 4 is 34.7 Å². The van der Waals surface area contributed by atoms with E-state index in [0.717, 1.165) is 36.8 Å². The molecular formula is C27H30N4O3S. The zero-order valence-electron chi connectivity index (χ0n) is 20.0. The van der Waals surface area contributed by atoms with Crippen LogP contribution in [0, 0.1) is 13.8 Å². The van der Waals surface area contributed by atoms with E-state index in [-0.39, 0.29) is 30.3 Å². The molecule has 3 amide bonds. The predicted octanol–water partition coefficient (Wildman–Crippen LogP) is 4.32. The second-order valence-electron chi connectivity index (χ2n) is 8.94. The zero-order valence-corrected chi connectivity index (χ0v) is 20.8. The average molecular weight is 491 g/mol. The molecule has 4 rings (SSSR count). The second kappa shape index (κ2) is 11.3. The van der Waals surface area contributed by atoms with Gasteiger partial charge in [0.05, 0.1) is 11.4 Å². The summed E-state index contributed by atoms with van der Waals surface area (Å²) in [4.78, 5) is 46.1. The first-order chi connectivity index (χ1) is 16.9. The molecule has 0 bridgehead atoms. The van der Waals surface area contributed by atoms with Gasteiger partial charge < -0.3 is 10.6 Å². The lowest BCUT2D eigenvalue weighted by atomic mass is 10.0. The number of carbonyl (C=O) groups excluding carboxylic acids is 3. The van der Waals surface area contributed by atoms with Crippen LogP contribution in [0.15, 0.2) is 60.2 Å². The molecule has 35 heavy (non-hydrogen) atoms. The monoisotopic (exact) mass is 490 g/mol. The van der Waals surface area contributed by atoms with E-state index in [0.29, 0.717) is 16.1 Å². The summed E-state index contributed by atoms with van der Waals surface area (Å²) in [5.74, 6) is -0.923. The lowest BCUT2D eigenvalue weighted by Crippen LogP contribution is -2.49. The Labute approximate surface area is 209 Å². The number of thiophene rings is 1. The van der Waals surface area contributed by atoms with Crippen molar-refractivity contribution in [3.05, 3.63) is 81.8 Å². The van der Waals surface area contributed by atoms with Crippen molar-refractivity contribution in [3.63, 3.8) is 0 Å². The van der Waals surface area contributed by atoms with Crippen LogP contribution in [0.1, 0.15) is 58.1 Å². The maximum absolute atomic E-state index is 13.7. The van der Waals surface area contributed by atoms with E-state index in [9.17, 15) is 14.4 Å². The van der Waals surface area contributed by atoms with Gasteiger partial charge in [-0.05, 0) is 79.1 Å². The first-order valence-electron chi connectivity index (χ1n) is 11.8. The lowest BCUT2D eigenvalue weighted by Gasteiger charge is -2.33. The molecule has 1 aromatic carbocycles. The fraction of sp³-hybridized carbons (Fsp3) is 0.333. The third kappa shape index (κ3) is 6.14. The Morgan fingerprint density at radius 3 is 2.37 bits per heavy atom. The summed E-state index contributed by atoms with van der Waals surface area (Å²) in [5, 5.41) is 7.69. The van der Waals surface area contributed by atoms with Crippen LogP contribution in [0.2, 0.25) is 0 Å². The maximum Gasteiger partial charge on any atom is 0.261 e. The van der Waals surface area contributed by atoms with E-state index in [2.05, 4.69) is 15.6 Å². The van der Waals surface area contributed by atoms with Gasteiger partial charge in [0.1, 0.15) is 6.04 Å². The molecule has 0 radical (unpaired) electrons. The fourth-order valence-electron chi connectivity index (χ4n) is 4.58. The molecule has 3 aromatic rings. The Bertz CT molecular complexity index is 1150. The fourth-order valence-corrected chi connectivity index (χ4v) is 5.22. The van der Waals surface area contributed by atoms with E-state index in [1.807, 2.05) is 37.4 Å². The number of hydrogen-bond acceptors (Lipinski definition) is 5. The molecule has 1 fully saturated rings. The third-order valence-corrected chi connectivity index (χ3v) is 7.00. The van der Waals surface area contributed by atoms with Gasteiger partial charge >= 0.3 is 0 Å². The Hall–Kier alpha value is -3.52. The molecule has 0 aliphatic heterocycles. The molecule has 1 aliphatic carbocycles. The number of nitrogens with zero attached hydrogens (tertiary/aromatic N) is 2. The van der Waals surface area contributed by atoms with Crippen LogP contribution in [-0.2, 0) is 9.59 Å². The van der Waals surface area contributed by atoms with Crippen LogP contribution in [0.5, 0.6) is 0 Å². The molecule has 0 saturated heterocycles. The molecule has 1 unspecified atom stereocenters. The van der Waals surface area contributed by atoms with Crippen LogP contribution in [0.25, 0.3) is 0 Å². The van der Waals surface area contributed by atoms with Crippen LogP contribution < -0.4 is 15.5 Å². The van der Waals surface area contributed by atoms with Crippen molar-refractivity contribution in [1.82, 2.24) is 15.6 Å². The summed E-state index contributed by atoms with van der Waals surface area (Å²) in [7, 11) is 0. The summed E-state index contributed by atoms with van der Waals surface area (Å²) in [6.07, 6.45) is 7.27. The van der Waals surface area contributed by atoms with Gasteiger partial charge in [0.15, 0.2) is 0 Å². The second-order valence-corrected chi connectivity index (χ2v) is 9.89. The van der Waals surface area contributed by atoms with Crippen molar-refractivity contribution in [1.29, 1.82) is 0 Å². The van der Waals surface area contributed by atoms with Gasteiger partial charge in [-0.25, -0.2) is 0 Å². The highest BCUT2D eigenvalue weighted by molar-refractivity contribution is 7.12. The summed E-state index contributed by atoms with van der Waals surface area (Å²) in [5.41, 5.74) is 3.23. The maximum atomic E-state index is 13.7. The Balaban J connectivity index is 1.69. The summed E-state index contributed by atoms with van der Waals surface area (Å²) in [6, 6.07) is 12.0. The van der Waals surface area contributed by atoms with Crippen LogP contribution in [0.4, 0.5) is 5.69 Å². The SMILES string of the molecule is Cc1cc(C)cc(N(C(=O)CNC(=O)c2cccs2)C(C(=O)NC2CCCC2)c2ccncc2)c1. The topological polar surface area (TPSA) is 91.4 Å². The molecule has 7 nitrogen and oxygen atoms in total.